The fourth-order valence-electron chi connectivity index (χ4n) is 4.08. The van der Waals surface area contributed by atoms with Crippen molar-refractivity contribution in [2.24, 2.45) is 7.05 Å². The maximum absolute atomic E-state index is 12.9. The molecule has 0 radical (unpaired) electrons. The Hall–Kier alpha value is -2.96. The molecule has 29 heavy (non-hydrogen) atoms. The lowest BCUT2D eigenvalue weighted by atomic mass is 9.93. The van der Waals surface area contributed by atoms with Gasteiger partial charge in [-0.15, -0.1) is 0 Å². The SMILES string of the molecule is Cc1ccc(O[C@@H](C)C(=O)N2CCC(c3nn(C)c4nccnc34)CC2)c(C)c1. The van der Waals surface area contributed by atoms with Gasteiger partial charge in [0.15, 0.2) is 11.8 Å². The van der Waals surface area contributed by atoms with Gasteiger partial charge in [-0.25, -0.2) is 14.6 Å². The minimum atomic E-state index is -0.505. The summed E-state index contributed by atoms with van der Waals surface area (Å²) in [5.74, 6) is 1.09. The molecule has 0 bridgehead atoms. The summed E-state index contributed by atoms with van der Waals surface area (Å²) >= 11 is 0. The highest BCUT2D eigenvalue weighted by molar-refractivity contribution is 5.81. The summed E-state index contributed by atoms with van der Waals surface area (Å²) in [6.07, 6.45) is 4.62. The highest BCUT2D eigenvalue weighted by Crippen LogP contribution is 2.31. The van der Waals surface area contributed by atoms with Crippen molar-refractivity contribution in [3.05, 3.63) is 47.4 Å². The zero-order valence-electron chi connectivity index (χ0n) is 17.4. The van der Waals surface area contributed by atoms with Crippen LogP contribution in [-0.2, 0) is 11.8 Å². The van der Waals surface area contributed by atoms with Crippen LogP contribution in [-0.4, -0.2) is 49.7 Å². The van der Waals surface area contributed by atoms with Crippen LogP contribution in [0.15, 0.2) is 30.6 Å². The molecule has 1 amide bonds. The van der Waals surface area contributed by atoms with E-state index in [2.05, 4.69) is 21.1 Å². The number of hydrogen-bond acceptors (Lipinski definition) is 5. The molecule has 1 aliphatic rings. The number of likely N-dealkylation sites (tertiary alicyclic amines) is 1. The van der Waals surface area contributed by atoms with Crippen LogP contribution in [0, 0.1) is 13.8 Å². The molecule has 7 heteroatoms. The second-order valence-corrected chi connectivity index (χ2v) is 7.87. The quantitative estimate of drug-likeness (QED) is 0.681. The van der Waals surface area contributed by atoms with E-state index in [-0.39, 0.29) is 11.8 Å². The van der Waals surface area contributed by atoms with E-state index in [4.69, 9.17) is 4.74 Å². The zero-order chi connectivity index (χ0) is 20.5. The van der Waals surface area contributed by atoms with Crippen LogP contribution in [0.5, 0.6) is 5.75 Å². The maximum atomic E-state index is 12.9. The lowest BCUT2D eigenvalue weighted by Crippen LogP contribution is -2.44. The average Bonchev–Trinajstić information content (AvgIpc) is 3.06. The summed E-state index contributed by atoms with van der Waals surface area (Å²) < 4.78 is 7.75. The van der Waals surface area contributed by atoms with E-state index < -0.39 is 6.10 Å². The Morgan fingerprint density at radius 1 is 1.17 bits per heavy atom. The van der Waals surface area contributed by atoms with Crippen LogP contribution in [0.1, 0.15) is 42.5 Å². The monoisotopic (exact) mass is 393 g/mol. The van der Waals surface area contributed by atoms with Crippen molar-refractivity contribution < 1.29 is 9.53 Å². The van der Waals surface area contributed by atoms with Gasteiger partial charge in [-0.2, -0.15) is 5.10 Å². The van der Waals surface area contributed by atoms with E-state index >= 15 is 0 Å². The summed E-state index contributed by atoms with van der Waals surface area (Å²) in [6.45, 7) is 7.28. The third kappa shape index (κ3) is 3.81. The van der Waals surface area contributed by atoms with E-state index in [0.717, 1.165) is 41.0 Å². The first kappa shape index (κ1) is 19.4. The topological polar surface area (TPSA) is 73.1 Å². The maximum Gasteiger partial charge on any atom is 0.263 e. The number of aromatic nitrogens is 4. The van der Waals surface area contributed by atoms with Gasteiger partial charge in [-0.05, 0) is 45.2 Å². The molecule has 1 saturated heterocycles. The van der Waals surface area contributed by atoms with Crippen molar-refractivity contribution in [3.63, 3.8) is 0 Å². The first-order valence-electron chi connectivity index (χ1n) is 10.1. The fraction of sp³-hybridized carbons (Fsp3) is 0.455. The molecule has 2 aromatic heterocycles. The van der Waals surface area contributed by atoms with Gasteiger partial charge in [-0.1, -0.05) is 17.7 Å². The predicted octanol–water partition coefficient (Wildman–Crippen LogP) is 3.15. The Balaban J connectivity index is 1.40. The number of piperidine rings is 1. The second-order valence-electron chi connectivity index (χ2n) is 7.87. The third-order valence-corrected chi connectivity index (χ3v) is 5.66. The molecule has 0 N–H and O–H groups in total. The Kier molecular flexibility index (Phi) is 5.22. The van der Waals surface area contributed by atoms with Crippen molar-refractivity contribution in [3.8, 4) is 5.75 Å². The number of carbonyl (C=O) groups is 1. The number of aryl methyl sites for hydroxylation is 3. The number of ether oxygens (including phenoxy) is 1. The Bertz CT molecular complexity index is 1040. The summed E-state index contributed by atoms with van der Waals surface area (Å²) in [4.78, 5) is 23.6. The average molecular weight is 393 g/mol. The van der Waals surface area contributed by atoms with E-state index in [1.807, 2.05) is 44.9 Å². The van der Waals surface area contributed by atoms with Crippen molar-refractivity contribution in [2.45, 2.75) is 45.6 Å². The Morgan fingerprint density at radius 2 is 1.90 bits per heavy atom. The first-order chi connectivity index (χ1) is 13.9. The van der Waals surface area contributed by atoms with Crippen molar-refractivity contribution >= 4 is 17.1 Å². The molecule has 1 aliphatic heterocycles. The standard InChI is InChI=1S/C22H27N5O2/c1-14-5-6-18(15(2)13-14)29-16(3)22(28)27-11-7-17(8-12-27)19-20-21(26(4)25-19)24-10-9-23-20/h5-6,9-10,13,16-17H,7-8,11-12H2,1-4H3/t16-/m0/s1. The normalized spacial score (nSPS) is 16.2. The molecule has 0 aliphatic carbocycles. The molecule has 0 spiro atoms. The number of hydrogen-bond donors (Lipinski definition) is 0. The third-order valence-electron chi connectivity index (χ3n) is 5.66. The highest BCUT2D eigenvalue weighted by Gasteiger charge is 2.30. The molecule has 4 rings (SSSR count). The van der Waals surface area contributed by atoms with Crippen molar-refractivity contribution in [2.75, 3.05) is 13.1 Å². The minimum absolute atomic E-state index is 0.0362. The van der Waals surface area contributed by atoms with E-state index in [9.17, 15) is 4.79 Å². The van der Waals surface area contributed by atoms with Gasteiger partial charge in [0.2, 0.25) is 0 Å². The smallest absolute Gasteiger partial charge is 0.263 e. The number of carbonyl (C=O) groups excluding carboxylic acids is 1. The number of amides is 1. The van der Waals surface area contributed by atoms with Gasteiger partial charge in [0.05, 0.1) is 5.69 Å². The molecular weight excluding hydrogens is 366 g/mol. The highest BCUT2D eigenvalue weighted by atomic mass is 16.5. The number of rotatable bonds is 4. The number of fused-ring (bicyclic) bond motifs is 1. The number of benzene rings is 1. The Morgan fingerprint density at radius 3 is 2.62 bits per heavy atom. The molecular formula is C22H27N5O2. The largest absolute Gasteiger partial charge is 0.481 e. The van der Waals surface area contributed by atoms with Gasteiger partial charge in [0.1, 0.15) is 11.3 Å². The van der Waals surface area contributed by atoms with Crippen LogP contribution in [0.3, 0.4) is 0 Å². The van der Waals surface area contributed by atoms with E-state index in [1.165, 1.54) is 5.56 Å². The summed E-state index contributed by atoms with van der Waals surface area (Å²) in [6, 6.07) is 6.01. The fourth-order valence-corrected chi connectivity index (χ4v) is 4.08. The molecule has 7 nitrogen and oxygen atoms in total. The molecule has 1 aromatic carbocycles. The van der Waals surface area contributed by atoms with Crippen molar-refractivity contribution in [1.29, 1.82) is 0 Å². The molecule has 1 atom stereocenters. The molecule has 152 valence electrons. The molecule has 0 unspecified atom stereocenters. The van der Waals surface area contributed by atoms with Crippen molar-refractivity contribution in [1.82, 2.24) is 24.6 Å². The van der Waals surface area contributed by atoms with Gasteiger partial charge < -0.3 is 9.64 Å². The lowest BCUT2D eigenvalue weighted by Gasteiger charge is -2.33. The summed E-state index contributed by atoms with van der Waals surface area (Å²) in [7, 11) is 1.89. The van der Waals surface area contributed by atoms with Crippen LogP contribution in [0.2, 0.25) is 0 Å². The summed E-state index contributed by atoms with van der Waals surface area (Å²) in [5, 5.41) is 4.65. The van der Waals surface area contributed by atoms with Crippen LogP contribution in [0.4, 0.5) is 0 Å². The van der Waals surface area contributed by atoms with E-state index in [1.54, 1.807) is 17.1 Å². The predicted molar refractivity (Wildman–Crippen MR) is 111 cm³/mol. The Labute approximate surface area is 170 Å². The second kappa shape index (κ2) is 7.81. The van der Waals surface area contributed by atoms with E-state index in [0.29, 0.717) is 13.1 Å². The summed E-state index contributed by atoms with van der Waals surface area (Å²) in [5.41, 5.74) is 4.89. The lowest BCUT2D eigenvalue weighted by molar-refractivity contribution is -0.139. The van der Waals surface area contributed by atoms with Crippen LogP contribution >= 0.6 is 0 Å². The minimum Gasteiger partial charge on any atom is -0.481 e. The molecule has 3 heterocycles. The van der Waals surface area contributed by atoms with Gasteiger partial charge in [0, 0.05) is 38.4 Å². The number of nitrogens with zero attached hydrogens (tertiary/aromatic N) is 5. The van der Waals surface area contributed by atoms with Gasteiger partial charge in [-0.3, -0.25) is 4.79 Å². The first-order valence-corrected chi connectivity index (χ1v) is 10.1. The van der Waals surface area contributed by atoms with Gasteiger partial charge in [0.25, 0.3) is 5.91 Å². The molecule has 1 fully saturated rings. The molecule has 0 saturated carbocycles. The molecule has 3 aromatic rings. The van der Waals surface area contributed by atoms with Crippen LogP contribution < -0.4 is 4.74 Å². The zero-order valence-corrected chi connectivity index (χ0v) is 17.4. The van der Waals surface area contributed by atoms with Crippen LogP contribution in [0.25, 0.3) is 11.2 Å². The van der Waals surface area contributed by atoms with Gasteiger partial charge >= 0.3 is 0 Å².